The van der Waals surface area contributed by atoms with Crippen molar-refractivity contribution < 1.29 is 4.79 Å². The molecule has 0 spiro atoms. The molecule has 0 aliphatic rings. The summed E-state index contributed by atoms with van der Waals surface area (Å²) in [7, 11) is 0. The first-order valence-electron chi connectivity index (χ1n) is 8.53. The molecule has 0 radical (unpaired) electrons. The number of benzene rings is 2. The Hall–Kier alpha value is -2.20. The molecule has 0 saturated heterocycles. The van der Waals surface area contributed by atoms with Crippen LogP contribution in [-0.2, 0) is 0 Å². The van der Waals surface area contributed by atoms with Crippen molar-refractivity contribution >= 4 is 34.1 Å². The van der Waals surface area contributed by atoms with Crippen LogP contribution >= 0.6 is 15.9 Å². The van der Waals surface area contributed by atoms with Gasteiger partial charge in [0, 0.05) is 10.0 Å². The molecule has 1 N–H and O–H groups in total. The van der Waals surface area contributed by atoms with E-state index in [1.807, 2.05) is 30.3 Å². The largest absolute Gasteiger partial charge is 0.271 e. The summed E-state index contributed by atoms with van der Waals surface area (Å²) in [5, 5.41) is 4.14. The number of unbranched alkanes of at least 4 members (excludes halogenated alkanes) is 2. The number of rotatable bonds is 8. The molecule has 0 heterocycles. The maximum absolute atomic E-state index is 12.1. The van der Waals surface area contributed by atoms with Gasteiger partial charge in [0.2, 0.25) is 0 Å². The molecule has 0 saturated carbocycles. The number of nitrogens with one attached hydrogen (secondary N) is 1. The molecule has 2 aromatic carbocycles. The Morgan fingerprint density at radius 3 is 2.48 bits per heavy atom. The highest BCUT2D eigenvalue weighted by Gasteiger charge is 2.03. The number of allylic oxidation sites excluding steroid dienone is 1. The third-order valence-electron chi connectivity index (χ3n) is 3.72. The summed E-state index contributed by atoms with van der Waals surface area (Å²) >= 11 is 3.36. The highest BCUT2D eigenvalue weighted by atomic mass is 79.9. The SMILES string of the molecule is CCCCCC(/C=N\NC(=O)c1ccc(Br)cc1)=C\c1ccccc1. The maximum Gasteiger partial charge on any atom is 0.271 e. The predicted molar refractivity (Wildman–Crippen MR) is 109 cm³/mol. The zero-order valence-electron chi connectivity index (χ0n) is 14.4. The molecule has 0 aromatic heterocycles. The second-order valence-electron chi connectivity index (χ2n) is 5.79. The zero-order valence-corrected chi connectivity index (χ0v) is 16.0. The molecule has 130 valence electrons. The highest BCUT2D eigenvalue weighted by Crippen LogP contribution is 2.13. The summed E-state index contributed by atoms with van der Waals surface area (Å²) in [6.45, 7) is 2.19. The summed E-state index contributed by atoms with van der Waals surface area (Å²) in [5.41, 5.74) is 5.43. The fourth-order valence-corrected chi connectivity index (χ4v) is 2.62. The van der Waals surface area contributed by atoms with Crippen molar-refractivity contribution in [2.24, 2.45) is 5.10 Å². The normalized spacial score (nSPS) is 11.7. The minimum absolute atomic E-state index is 0.212. The third-order valence-corrected chi connectivity index (χ3v) is 4.25. The number of nitrogens with zero attached hydrogens (tertiary/aromatic N) is 1. The van der Waals surface area contributed by atoms with Gasteiger partial charge in [0.15, 0.2) is 0 Å². The topological polar surface area (TPSA) is 41.5 Å². The van der Waals surface area contributed by atoms with Gasteiger partial charge in [0.25, 0.3) is 5.91 Å². The van der Waals surface area contributed by atoms with Gasteiger partial charge in [-0.3, -0.25) is 4.79 Å². The van der Waals surface area contributed by atoms with Crippen molar-refractivity contribution in [3.8, 4) is 0 Å². The van der Waals surface area contributed by atoms with Crippen molar-refractivity contribution in [1.29, 1.82) is 0 Å². The Kier molecular flexibility index (Phi) is 8.13. The second-order valence-corrected chi connectivity index (χ2v) is 6.71. The number of halogens is 1. The fraction of sp³-hybridized carbons (Fsp3) is 0.238. The monoisotopic (exact) mass is 398 g/mol. The third kappa shape index (κ3) is 7.06. The van der Waals surface area contributed by atoms with Gasteiger partial charge in [0.1, 0.15) is 0 Å². The lowest BCUT2D eigenvalue weighted by atomic mass is 10.1. The van der Waals surface area contributed by atoms with Crippen LogP contribution in [0.1, 0.15) is 48.5 Å². The van der Waals surface area contributed by atoms with E-state index in [0.717, 1.165) is 28.5 Å². The van der Waals surface area contributed by atoms with Gasteiger partial charge in [-0.05, 0) is 48.2 Å². The number of hydrogen-bond donors (Lipinski definition) is 1. The first-order valence-corrected chi connectivity index (χ1v) is 9.33. The van der Waals surface area contributed by atoms with Gasteiger partial charge in [-0.1, -0.05) is 72.1 Å². The highest BCUT2D eigenvalue weighted by molar-refractivity contribution is 9.10. The van der Waals surface area contributed by atoms with E-state index in [4.69, 9.17) is 0 Å². The first kappa shape index (κ1) is 19.1. The standard InChI is InChI=1S/C21H23BrN2O/c1-2-3-5-10-18(15-17-8-6-4-7-9-17)16-23-24-21(25)19-11-13-20(22)14-12-19/h4,6-9,11-16H,2-3,5,10H2,1H3,(H,24,25)/b18-15+,23-16-. The van der Waals surface area contributed by atoms with E-state index in [1.54, 1.807) is 18.3 Å². The van der Waals surface area contributed by atoms with Gasteiger partial charge in [0.05, 0.1) is 6.21 Å². The van der Waals surface area contributed by atoms with Crippen molar-refractivity contribution in [2.45, 2.75) is 32.6 Å². The Labute approximate surface area is 158 Å². The Morgan fingerprint density at radius 2 is 1.80 bits per heavy atom. The van der Waals surface area contributed by atoms with Gasteiger partial charge in [-0.25, -0.2) is 5.43 Å². The Bertz CT molecular complexity index is 721. The van der Waals surface area contributed by atoms with E-state index < -0.39 is 0 Å². The predicted octanol–water partition coefficient (Wildman–Crippen LogP) is 5.83. The van der Waals surface area contributed by atoms with Gasteiger partial charge in [-0.15, -0.1) is 0 Å². The molecule has 25 heavy (non-hydrogen) atoms. The molecule has 1 amide bonds. The van der Waals surface area contributed by atoms with Crippen molar-refractivity contribution in [3.63, 3.8) is 0 Å². The van der Waals surface area contributed by atoms with Crippen molar-refractivity contribution in [1.82, 2.24) is 5.43 Å². The number of amides is 1. The van der Waals surface area contributed by atoms with Crippen LogP contribution < -0.4 is 5.43 Å². The van der Waals surface area contributed by atoms with Gasteiger partial charge in [-0.2, -0.15) is 5.10 Å². The van der Waals surface area contributed by atoms with E-state index in [1.165, 1.54) is 12.8 Å². The quantitative estimate of drug-likeness (QED) is 0.339. The van der Waals surface area contributed by atoms with Crippen LogP contribution in [0.25, 0.3) is 6.08 Å². The smallest absolute Gasteiger partial charge is 0.267 e. The van der Waals surface area contributed by atoms with E-state index in [0.29, 0.717) is 5.56 Å². The van der Waals surface area contributed by atoms with Crippen LogP contribution in [-0.4, -0.2) is 12.1 Å². The number of carbonyl (C=O) groups is 1. The first-order chi connectivity index (χ1) is 12.2. The molecule has 0 atom stereocenters. The van der Waals surface area contributed by atoms with Crippen LogP contribution in [0, 0.1) is 0 Å². The van der Waals surface area contributed by atoms with E-state index in [9.17, 15) is 4.79 Å². The summed E-state index contributed by atoms with van der Waals surface area (Å²) in [6, 6.07) is 17.4. The van der Waals surface area contributed by atoms with Crippen LogP contribution in [0.3, 0.4) is 0 Å². The molecule has 0 unspecified atom stereocenters. The second kappa shape index (κ2) is 10.6. The summed E-state index contributed by atoms with van der Waals surface area (Å²) in [6.07, 6.45) is 8.29. The van der Waals surface area contributed by atoms with Crippen molar-refractivity contribution in [3.05, 3.63) is 75.8 Å². The average Bonchev–Trinajstić information content (AvgIpc) is 2.63. The van der Waals surface area contributed by atoms with Crippen LogP contribution in [0.15, 0.2) is 69.7 Å². The molecule has 0 aliphatic carbocycles. The minimum Gasteiger partial charge on any atom is -0.267 e. The molecule has 2 rings (SSSR count). The van der Waals surface area contributed by atoms with Crippen molar-refractivity contribution in [2.75, 3.05) is 0 Å². The lowest BCUT2D eigenvalue weighted by molar-refractivity contribution is 0.0955. The molecule has 3 nitrogen and oxygen atoms in total. The molecule has 0 bridgehead atoms. The summed E-state index contributed by atoms with van der Waals surface area (Å²) < 4.78 is 0.941. The maximum atomic E-state index is 12.1. The summed E-state index contributed by atoms with van der Waals surface area (Å²) in [5.74, 6) is -0.212. The van der Waals surface area contributed by atoms with Gasteiger partial charge < -0.3 is 0 Å². The number of hydrogen-bond acceptors (Lipinski definition) is 2. The molecular weight excluding hydrogens is 376 g/mol. The minimum atomic E-state index is -0.212. The molecule has 0 aliphatic heterocycles. The van der Waals surface area contributed by atoms with E-state index >= 15 is 0 Å². The van der Waals surface area contributed by atoms with E-state index in [-0.39, 0.29) is 5.91 Å². The van der Waals surface area contributed by atoms with Crippen LogP contribution in [0.4, 0.5) is 0 Å². The molecule has 2 aromatic rings. The molecule has 4 heteroatoms. The lowest BCUT2D eigenvalue weighted by Gasteiger charge is -2.03. The number of carbonyl (C=O) groups excluding carboxylic acids is 1. The molecule has 0 fully saturated rings. The summed E-state index contributed by atoms with van der Waals surface area (Å²) in [4.78, 5) is 12.1. The van der Waals surface area contributed by atoms with Gasteiger partial charge >= 0.3 is 0 Å². The number of hydrazone groups is 1. The zero-order chi connectivity index (χ0) is 17.9. The Morgan fingerprint density at radius 1 is 1.08 bits per heavy atom. The fourth-order valence-electron chi connectivity index (χ4n) is 2.36. The van der Waals surface area contributed by atoms with Crippen LogP contribution in [0.5, 0.6) is 0 Å². The lowest BCUT2D eigenvalue weighted by Crippen LogP contribution is -2.17. The molecular formula is C21H23BrN2O. The van der Waals surface area contributed by atoms with E-state index in [2.05, 4.69) is 51.6 Å². The average molecular weight is 399 g/mol. The Balaban J connectivity index is 2.02. The van der Waals surface area contributed by atoms with Crippen LogP contribution in [0.2, 0.25) is 0 Å².